The highest BCUT2D eigenvalue weighted by Gasteiger charge is 2.26. The molecule has 0 bridgehead atoms. The van der Waals surface area contributed by atoms with E-state index in [2.05, 4.69) is 10.6 Å². The Bertz CT molecular complexity index is 212. The third-order valence-corrected chi connectivity index (χ3v) is 2.11. The molecule has 0 aromatic carbocycles. The van der Waals surface area contributed by atoms with Crippen LogP contribution in [0.1, 0.15) is 33.1 Å². The van der Waals surface area contributed by atoms with E-state index in [4.69, 9.17) is 0 Å². The van der Waals surface area contributed by atoms with E-state index in [0.717, 1.165) is 19.3 Å². The van der Waals surface area contributed by atoms with E-state index in [9.17, 15) is 9.59 Å². The van der Waals surface area contributed by atoms with Gasteiger partial charge in [0, 0.05) is 12.1 Å². The maximum atomic E-state index is 11.2. The standard InChI is InChI=1S/C9H16N2O2/c1-3-6(2)10-8(12)9(13)11-7-4-5-7/h6-7H,3-5H2,1-2H3,(H,10,12)(H,11,13). The van der Waals surface area contributed by atoms with Gasteiger partial charge in [0.2, 0.25) is 0 Å². The van der Waals surface area contributed by atoms with E-state index in [1.54, 1.807) is 0 Å². The lowest BCUT2D eigenvalue weighted by Gasteiger charge is -2.10. The van der Waals surface area contributed by atoms with Crippen molar-refractivity contribution in [3.63, 3.8) is 0 Å². The Morgan fingerprint density at radius 1 is 1.38 bits per heavy atom. The van der Waals surface area contributed by atoms with Gasteiger partial charge < -0.3 is 10.6 Å². The van der Waals surface area contributed by atoms with Gasteiger partial charge in [-0.05, 0) is 26.2 Å². The molecule has 1 unspecified atom stereocenters. The molecule has 1 aliphatic carbocycles. The molecule has 2 N–H and O–H groups in total. The lowest BCUT2D eigenvalue weighted by Crippen LogP contribution is -2.44. The topological polar surface area (TPSA) is 58.2 Å². The minimum atomic E-state index is -0.513. The maximum Gasteiger partial charge on any atom is 0.309 e. The largest absolute Gasteiger partial charge is 0.345 e. The molecule has 0 aromatic rings. The molecule has 13 heavy (non-hydrogen) atoms. The predicted molar refractivity (Wildman–Crippen MR) is 49.1 cm³/mol. The van der Waals surface area contributed by atoms with Gasteiger partial charge in [0.05, 0.1) is 0 Å². The summed E-state index contributed by atoms with van der Waals surface area (Å²) in [5.41, 5.74) is 0. The fourth-order valence-electron chi connectivity index (χ4n) is 0.870. The summed E-state index contributed by atoms with van der Waals surface area (Å²) in [5, 5.41) is 5.24. The second-order valence-corrected chi connectivity index (χ2v) is 3.53. The normalized spacial score (nSPS) is 17.7. The highest BCUT2D eigenvalue weighted by Crippen LogP contribution is 2.18. The Kier molecular flexibility index (Phi) is 3.28. The summed E-state index contributed by atoms with van der Waals surface area (Å²) in [6.07, 6.45) is 2.84. The molecule has 1 saturated carbocycles. The lowest BCUT2D eigenvalue weighted by atomic mass is 10.2. The fraction of sp³-hybridized carbons (Fsp3) is 0.778. The lowest BCUT2D eigenvalue weighted by molar-refractivity contribution is -0.139. The quantitative estimate of drug-likeness (QED) is 0.615. The Morgan fingerprint density at radius 3 is 2.46 bits per heavy atom. The minimum Gasteiger partial charge on any atom is -0.345 e. The molecule has 1 aliphatic rings. The van der Waals surface area contributed by atoms with Crippen molar-refractivity contribution in [2.75, 3.05) is 0 Å². The van der Waals surface area contributed by atoms with Gasteiger partial charge in [0.25, 0.3) is 0 Å². The second kappa shape index (κ2) is 4.25. The van der Waals surface area contributed by atoms with Crippen LogP contribution >= 0.6 is 0 Å². The van der Waals surface area contributed by atoms with Crippen LogP contribution in [0.2, 0.25) is 0 Å². The summed E-state index contributed by atoms with van der Waals surface area (Å²) in [4.78, 5) is 22.3. The molecule has 1 rings (SSSR count). The van der Waals surface area contributed by atoms with Crippen molar-refractivity contribution < 1.29 is 9.59 Å². The van der Waals surface area contributed by atoms with E-state index in [0.29, 0.717) is 0 Å². The third-order valence-electron chi connectivity index (χ3n) is 2.11. The fourth-order valence-corrected chi connectivity index (χ4v) is 0.870. The van der Waals surface area contributed by atoms with E-state index < -0.39 is 11.8 Å². The number of carbonyl (C=O) groups excluding carboxylic acids is 2. The van der Waals surface area contributed by atoms with Gasteiger partial charge in [-0.1, -0.05) is 6.92 Å². The smallest absolute Gasteiger partial charge is 0.309 e. The summed E-state index contributed by atoms with van der Waals surface area (Å²) in [6, 6.07) is 0.313. The summed E-state index contributed by atoms with van der Waals surface area (Å²) >= 11 is 0. The van der Waals surface area contributed by atoms with Gasteiger partial charge >= 0.3 is 11.8 Å². The maximum absolute atomic E-state index is 11.2. The highest BCUT2D eigenvalue weighted by atomic mass is 16.2. The van der Waals surface area contributed by atoms with Crippen LogP contribution in [0, 0.1) is 0 Å². The van der Waals surface area contributed by atoms with Crippen LogP contribution in [0.4, 0.5) is 0 Å². The first-order chi connectivity index (χ1) is 6.13. The predicted octanol–water partition coefficient (Wildman–Crippen LogP) is 0.180. The van der Waals surface area contributed by atoms with Crippen molar-refractivity contribution in [3.05, 3.63) is 0 Å². The van der Waals surface area contributed by atoms with E-state index >= 15 is 0 Å². The average Bonchev–Trinajstić information content (AvgIpc) is 2.87. The number of hydrogen-bond acceptors (Lipinski definition) is 2. The molecule has 1 atom stereocenters. The summed E-state index contributed by atoms with van der Waals surface area (Å²) < 4.78 is 0. The van der Waals surface area contributed by atoms with Gasteiger partial charge in [-0.25, -0.2) is 0 Å². The highest BCUT2D eigenvalue weighted by molar-refractivity contribution is 6.35. The molecule has 74 valence electrons. The molecule has 4 nitrogen and oxygen atoms in total. The first-order valence-corrected chi connectivity index (χ1v) is 4.74. The number of amides is 2. The first-order valence-electron chi connectivity index (χ1n) is 4.74. The number of nitrogens with one attached hydrogen (secondary N) is 2. The number of rotatable bonds is 3. The molecule has 0 aromatic heterocycles. The molecule has 1 fully saturated rings. The van der Waals surface area contributed by atoms with Crippen molar-refractivity contribution in [1.82, 2.24) is 10.6 Å². The molecule has 0 spiro atoms. The summed E-state index contributed by atoms with van der Waals surface area (Å²) in [5.74, 6) is -1.01. The number of hydrogen-bond donors (Lipinski definition) is 2. The van der Waals surface area contributed by atoms with Crippen LogP contribution in [0.3, 0.4) is 0 Å². The molecule has 2 amide bonds. The average molecular weight is 184 g/mol. The molecular formula is C9H16N2O2. The van der Waals surface area contributed by atoms with Gasteiger partial charge in [-0.3, -0.25) is 9.59 Å². The van der Waals surface area contributed by atoms with Crippen molar-refractivity contribution in [2.45, 2.75) is 45.2 Å². The van der Waals surface area contributed by atoms with Gasteiger partial charge in [0.1, 0.15) is 0 Å². The van der Waals surface area contributed by atoms with E-state index in [-0.39, 0.29) is 12.1 Å². The van der Waals surface area contributed by atoms with Crippen molar-refractivity contribution in [3.8, 4) is 0 Å². The molecular weight excluding hydrogens is 168 g/mol. The Labute approximate surface area is 78.1 Å². The van der Waals surface area contributed by atoms with Gasteiger partial charge in [-0.15, -0.1) is 0 Å². The van der Waals surface area contributed by atoms with Gasteiger partial charge in [0.15, 0.2) is 0 Å². The second-order valence-electron chi connectivity index (χ2n) is 3.53. The first kappa shape index (κ1) is 10.0. The SMILES string of the molecule is CCC(C)NC(=O)C(=O)NC1CC1. The zero-order valence-corrected chi connectivity index (χ0v) is 8.09. The Morgan fingerprint density at radius 2 is 2.00 bits per heavy atom. The molecule has 4 heteroatoms. The van der Waals surface area contributed by atoms with Crippen molar-refractivity contribution >= 4 is 11.8 Å². The van der Waals surface area contributed by atoms with Crippen LogP contribution in [-0.4, -0.2) is 23.9 Å². The van der Waals surface area contributed by atoms with Crippen LogP contribution < -0.4 is 10.6 Å². The van der Waals surface area contributed by atoms with Crippen molar-refractivity contribution in [1.29, 1.82) is 0 Å². The zero-order valence-electron chi connectivity index (χ0n) is 8.09. The van der Waals surface area contributed by atoms with E-state index in [1.807, 2.05) is 13.8 Å². The molecule has 0 saturated heterocycles. The molecule has 0 aliphatic heterocycles. The summed E-state index contributed by atoms with van der Waals surface area (Å²) in [6.45, 7) is 3.84. The molecule has 0 radical (unpaired) electrons. The van der Waals surface area contributed by atoms with Crippen LogP contribution in [0.5, 0.6) is 0 Å². The minimum absolute atomic E-state index is 0.0671. The van der Waals surface area contributed by atoms with Crippen LogP contribution in [0.15, 0.2) is 0 Å². The van der Waals surface area contributed by atoms with Crippen LogP contribution in [-0.2, 0) is 9.59 Å². The molecule has 0 heterocycles. The Hall–Kier alpha value is -1.06. The van der Waals surface area contributed by atoms with E-state index in [1.165, 1.54) is 0 Å². The number of carbonyl (C=O) groups is 2. The summed E-state index contributed by atoms with van der Waals surface area (Å²) in [7, 11) is 0. The third kappa shape index (κ3) is 3.44. The zero-order chi connectivity index (χ0) is 9.84. The van der Waals surface area contributed by atoms with Gasteiger partial charge in [-0.2, -0.15) is 0 Å². The van der Waals surface area contributed by atoms with Crippen LogP contribution in [0.25, 0.3) is 0 Å². The van der Waals surface area contributed by atoms with Crippen molar-refractivity contribution in [2.24, 2.45) is 0 Å². The Balaban J connectivity index is 2.24. The monoisotopic (exact) mass is 184 g/mol.